The van der Waals surface area contributed by atoms with Crippen LogP contribution >= 0.6 is 11.6 Å². The van der Waals surface area contributed by atoms with E-state index in [0.29, 0.717) is 17.3 Å². The normalized spacial score (nSPS) is 19.5. The molecule has 2 heterocycles. The zero-order valence-electron chi connectivity index (χ0n) is 11.2. The Morgan fingerprint density at radius 3 is 3.11 bits per heavy atom. The summed E-state index contributed by atoms with van der Waals surface area (Å²) in [4.78, 5) is 18.5. The van der Waals surface area contributed by atoms with Crippen LogP contribution in [0, 0.1) is 0 Å². The fourth-order valence-corrected chi connectivity index (χ4v) is 2.85. The van der Waals surface area contributed by atoms with E-state index in [0.717, 1.165) is 32.2 Å². The number of likely N-dealkylation sites (tertiary alicyclic amines) is 1. The van der Waals surface area contributed by atoms with Gasteiger partial charge in [-0.05, 0) is 31.7 Å². The molecule has 0 bridgehead atoms. The van der Waals surface area contributed by atoms with Crippen LogP contribution in [-0.2, 0) is 0 Å². The molecule has 1 aromatic rings. The average molecular weight is 282 g/mol. The molecular weight excluding hydrogens is 262 g/mol. The van der Waals surface area contributed by atoms with Crippen molar-refractivity contribution in [1.29, 1.82) is 0 Å². The Morgan fingerprint density at radius 2 is 2.37 bits per heavy atom. The van der Waals surface area contributed by atoms with Crippen molar-refractivity contribution in [2.75, 3.05) is 12.3 Å². The van der Waals surface area contributed by atoms with Gasteiger partial charge in [0, 0.05) is 12.6 Å². The van der Waals surface area contributed by atoms with Gasteiger partial charge in [-0.25, -0.2) is 4.98 Å². The lowest BCUT2D eigenvalue weighted by Gasteiger charge is -2.36. The third-order valence-electron chi connectivity index (χ3n) is 3.60. The van der Waals surface area contributed by atoms with E-state index in [1.54, 1.807) is 6.07 Å². The number of amides is 1. The van der Waals surface area contributed by atoms with Crippen LogP contribution in [0.25, 0.3) is 0 Å². The van der Waals surface area contributed by atoms with Crippen molar-refractivity contribution in [1.82, 2.24) is 9.88 Å². The van der Waals surface area contributed by atoms with E-state index in [4.69, 9.17) is 17.3 Å². The Bertz CT molecular complexity index is 462. The molecule has 4 nitrogen and oxygen atoms in total. The Morgan fingerprint density at radius 1 is 1.58 bits per heavy atom. The first-order chi connectivity index (χ1) is 9.13. The predicted octanol–water partition coefficient (Wildman–Crippen LogP) is 3.11. The van der Waals surface area contributed by atoms with Gasteiger partial charge in [-0.2, -0.15) is 0 Å². The number of rotatable bonds is 3. The van der Waals surface area contributed by atoms with Gasteiger partial charge in [0.15, 0.2) is 0 Å². The largest absolute Gasteiger partial charge is 0.397 e. The second-order valence-electron chi connectivity index (χ2n) is 5.04. The van der Waals surface area contributed by atoms with Crippen molar-refractivity contribution in [2.45, 2.75) is 45.1 Å². The lowest BCUT2D eigenvalue weighted by Crippen LogP contribution is -2.43. The van der Waals surface area contributed by atoms with Crippen LogP contribution in [0.15, 0.2) is 12.3 Å². The standard InChI is InChI=1S/C14H20ClN3O/c1-2-5-11-6-3-4-7-18(11)14(19)12-8-10(16)9-17-13(12)15/h8-9,11H,2-7,16H2,1H3. The number of nitrogens with zero attached hydrogens (tertiary/aromatic N) is 2. The number of nitrogens with two attached hydrogens (primary N) is 1. The molecule has 0 spiro atoms. The van der Waals surface area contributed by atoms with Gasteiger partial charge in [-0.3, -0.25) is 4.79 Å². The SMILES string of the molecule is CCCC1CCCCN1C(=O)c1cc(N)cnc1Cl. The molecule has 1 aromatic heterocycles. The van der Waals surface area contributed by atoms with Crippen molar-refractivity contribution < 1.29 is 4.79 Å². The van der Waals surface area contributed by atoms with Gasteiger partial charge in [0.05, 0.1) is 17.4 Å². The highest BCUT2D eigenvalue weighted by molar-refractivity contribution is 6.32. The average Bonchev–Trinajstić information content (AvgIpc) is 2.42. The summed E-state index contributed by atoms with van der Waals surface area (Å²) in [7, 11) is 0. The molecule has 2 N–H and O–H groups in total. The number of carbonyl (C=O) groups excluding carboxylic acids is 1. The zero-order chi connectivity index (χ0) is 13.8. The summed E-state index contributed by atoms with van der Waals surface area (Å²) >= 11 is 6.02. The molecule has 0 saturated carbocycles. The number of halogens is 1. The molecule has 0 aliphatic carbocycles. The molecule has 104 valence electrons. The topological polar surface area (TPSA) is 59.2 Å². The Hall–Kier alpha value is -1.29. The number of hydrogen-bond donors (Lipinski definition) is 1. The smallest absolute Gasteiger partial charge is 0.257 e. The van der Waals surface area contributed by atoms with E-state index < -0.39 is 0 Å². The van der Waals surface area contributed by atoms with Crippen molar-refractivity contribution >= 4 is 23.2 Å². The van der Waals surface area contributed by atoms with Crippen LogP contribution in [0.1, 0.15) is 49.4 Å². The van der Waals surface area contributed by atoms with Gasteiger partial charge in [0.1, 0.15) is 5.15 Å². The number of aromatic nitrogens is 1. The van der Waals surface area contributed by atoms with E-state index in [2.05, 4.69) is 11.9 Å². The van der Waals surface area contributed by atoms with Gasteiger partial charge in [-0.1, -0.05) is 24.9 Å². The second kappa shape index (κ2) is 6.24. The van der Waals surface area contributed by atoms with E-state index in [-0.39, 0.29) is 11.1 Å². The Labute approximate surface area is 118 Å². The summed E-state index contributed by atoms with van der Waals surface area (Å²) in [6.07, 6.45) is 6.92. The maximum absolute atomic E-state index is 12.6. The van der Waals surface area contributed by atoms with Crippen molar-refractivity contribution in [2.24, 2.45) is 0 Å². The van der Waals surface area contributed by atoms with Crippen molar-refractivity contribution in [3.63, 3.8) is 0 Å². The van der Waals surface area contributed by atoms with Crippen LogP contribution in [0.3, 0.4) is 0 Å². The highest BCUT2D eigenvalue weighted by Gasteiger charge is 2.28. The maximum atomic E-state index is 12.6. The number of anilines is 1. The number of nitrogen functional groups attached to an aromatic ring is 1. The van der Waals surface area contributed by atoms with Gasteiger partial charge in [0.25, 0.3) is 5.91 Å². The summed E-state index contributed by atoms with van der Waals surface area (Å²) in [6, 6.07) is 1.94. The molecule has 2 rings (SSSR count). The van der Waals surface area contributed by atoms with E-state index in [1.165, 1.54) is 12.6 Å². The molecule has 1 saturated heterocycles. The minimum Gasteiger partial charge on any atom is -0.397 e. The fourth-order valence-electron chi connectivity index (χ4n) is 2.67. The molecule has 1 unspecified atom stereocenters. The maximum Gasteiger partial charge on any atom is 0.257 e. The monoisotopic (exact) mass is 281 g/mol. The third kappa shape index (κ3) is 3.18. The third-order valence-corrected chi connectivity index (χ3v) is 3.90. The number of carbonyl (C=O) groups is 1. The summed E-state index contributed by atoms with van der Waals surface area (Å²) in [5, 5.41) is 0.236. The molecule has 1 fully saturated rings. The number of pyridine rings is 1. The van der Waals surface area contributed by atoms with E-state index in [9.17, 15) is 4.79 Å². The highest BCUT2D eigenvalue weighted by atomic mass is 35.5. The first kappa shape index (κ1) is 14.1. The molecule has 1 aliphatic heterocycles. The number of piperidine rings is 1. The minimum atomic E-state index is -0.0389. The van der Waals surface area contributed by atoms with Gasteiger partial charge < -0.3 is 10.6 Å². The van der Waals surface area contributed by atoms with Crippen LogP contribution in [0.4, 0.5) is 5.69 Å². The second-order valence-corrected chi connectivity index (χ2v) is 5.40. The highest BCUT2D eigenvalue weighted by Crippen LogP contribution is 2.25. The predicted molar refractivity (Wildman–Crippen MR) is 77.2 cm³/mol. The lowest BCUT2D eigenvalue weighted by atomic mass is 9.97. The van der Waals surface area contributed by atoms with Gasteiger partial charge >= 0.3 is 0 Å². The minimum absolute atomic E-state index is 0.0389. The molecule has 1 amide bonds. The van der Waals surface area contributed by atoms with Crippen LogP contribution in [0.2, 0.25) is 5.15 Å². The summed E-state index contributed by atoms with van der Waals surface area (Å²) in [6.45, 7) is 2.95. The van der Waals surface area contributed by atoms with Gasteiger partial charge in [-0.15, -0.1) is 0 Å². The molecule has 1 aliphatic rings. The summed E-state index contributed by atoms with van der Waals surface area (Å²) < 4.78 is 0. The van der Waals surface area contributed by atoms with Crippen molar-refractivity contribution in [3.05, 3.63) is 23.0 Å². The van der Waals surface area contributed by atoms with Gasteiger partial charge in [0.2, 0.25) is 0 Å². The Balaban J connectivity index is 2.23. The van der Waals surface area contributed by atoms with Crippen molar-refractivity contribution in [3.8, 4) is 0 Å². The van der Waals surface area contributed by atoms with E-state index >= 15 is 0 Å². The van der Waals surface area contributed by atoms with Crippen LogP contribution in [-0.4, -0.2) is 28.4 Å². The molecule has 0 radical (unpaired) electrons. The number of hydrogen-bond acceptors (Lipinski definition) is 3. The van der Waals surface area contributed by atoms with Crippen LogP contribution in [0.5, 0.6) is 0 Å². The lowest BCUT2D eigenvalue weighted by molar-refractivity contribution is 0.0600. The molecular formula is C14H20ClN3O. The zero-order valence-corrected chi connectivity index (χ0v) is 12.0. The fraction of sp³-hybridized carbons (Fsp3) is 0.571. The molecule has 0 aromatic carbocycles. The molecule has 5 heteroatoms. The molecule has 19 heavy (non-hydrogen) atoms. The van der Waals surface area contributed by atoms with E-state index in [1.807, 2.05) is 4.90 Å². The first-order valence-electron chi connectivity index (χ1n) is 6.85. The Kier molecular flexibility index (Phi) is 4.64. The first-order valence-corrected chi connectivity index (χ1v) is 7.23. The van der Waals surface area contributed by atoms with Crippen LogP contribution < -0.4 is 5.73 Å². The summed E-state index contributed by atoms with van der Waals surface area (Å²) in [5.41, 5.74) is 6.59. The molecule has 1 atom stereocenters. The summed E-state index contributed by atoms with van der Waals surface area (Å²) in [5.74, 6) is -0.0389. The quantitative estimate of drug-likeness (QED) is 0.866.